The third-order valence-corrected chi connectivity index (χ3v) is 3.15. The first-order chi connectivity index (χ1) is 8.58. The second-order valence-electron chi connectivity index (χ2n) is 5.44. The molecule has 4 nitrogen and oxygen atoms in total. The van der Waals surface area contributed by atoms with Crippen LogP contribution in [0.25, 0.3) is 11.2 Å². The Bertz CT molecular complexity index is 515. The number of aromatic amines is 1. The highest BCUT2D eigenvalue weighted by Crippen LogP contribution is 2.17. The number of H-pyrrole nitrogens is 1. The lowest BCUT2D eigenvalue weighted by Gasteiger charge is -2.15. The number of hydrogen-bond donors (Lipinski definition) is 2. The first-order valence-electron chi connectivity index (χ1n) is 6.60. The van der Waals surface area contributed by atoms with Crippen LogP contribution in [-0.2, 0) is 6.42 Å². The molecule has 0 amide bonds. The van der Waals surface area contributed by atoms with Crippen molar-refractivity contribution in [2.24, 2.45) is 17.6 Å². The predicted octanol–water partition coefficient (Wildman–Crippen LogP) is 2.43. The van der Waals surface area contributed by atoms with E-state index in [9.17, 15) is 0 Å². The predicted molar refractivity (Wildman–Crippen MR) is 74.3 cm³/mol. The van der Waals surface area contributed by atoms with Crippen LogP contribution in [0.4, 0.5) is 0 Å². The van der Waals surface area contributed by atoms with Gasteiger partial charge < -0.3 is 10.7 Å². The molecular formula is C14H22N4. The summed E-state index contributed by atoms with van der Waals surface area (Å²) in [5.74, 6) is 2.16. The van der Waals surface area contributed by atoms with E-state index in [-0.39, 0.29) is 0 Å². The van der Waals surface area contributed by atoms with Gasteiger partial charge in [0.15, 0.2) is 5.65 Å². The van der Waals surface area contributed by atoms with Gasteiger partial charge in [0.25, 0.3) is 0 Å². The van der Waals surface area contributed by atoms with E-state index in [1.165, 1.54) is 0 Å². The Morgan fingerprint density at radius 3 is 2.72 bits per heavy atom. The Hall–Kier alpha value is -1.42. The largest absolute Gasteiger partial charge is 0.341 e. The molecule has 2 heterocycles. The van der Waals surface area contributed by atoms with Gasteiger partial charge in [-0.1, -0.05) is 13.8 Å². The molecule has 1 unspecified atom stereocenters. The molecular weight excluding hydrogens is 224 g/mol. The highest BCUT2D eigenvalue weighted by molar-refractivity contribution is 5.70. The van der Waals surface area contributed by atoms with Crippen LogP contribution < -0.4 is 5.73 Å². The third-order valence-electron chi connectivity index (χ3n) is 3.15. The molecule has 0 aliphatic carbocycles. The Morgan fingerprint density at radius 2 is 2.06 bits per heavy atom. The van der Waals surface area contributed by atoms with Crippen molar-refractivity contribution < 1.29 is 0 Å². The van der Waals surface area contributed by atoms with Gasteiger partial charge in [-0.2, -0.15) is 0 Å². The number of nitrogens with two attached hydrogens (primary N) is 1. The minimum Gasteiger partial charge on any atom is -0.341 e. The molecule has 0 bridgehead atoms. The van der Waals surface area contributed by atoms with Crippen LogP contribution in [0.1, 0.15) is 31.8 Å². The van der Waals surface area contributed by atoms with Crippen molar-refractivity contribution in [3.8, 4) is 0 Å². The van der Waals surface area contributed by atoms with Gasteiger partial charge >= 0.3 is 0 Å². The third kappa shape index (κ3) is 3.07. The molecule has 0 aromatic carbocycles. The van der Waals surface area contributed by atoms with Crippen LogP contribution in [-0.4, -0.2) is 21.5 Å². The molecule has 0 fully saturated rings. The molecule has 18 heavy (non-hydrogen) atoms. The average molecular weight is 246 g/mol. The molecule has 0 aliphatic rings. The van der Waals surface area contributed by atoms with Gasteiger partial charge in [0.1, 0.15) is 5.82 Å². The van der Waals surface area contributed by atoms with Gasteiger partial charge in [0.05, 0.1) is 5.52 Å². The van der Waals surface area contributed by atoms with Crippen molar-refractivity contribution in [3.05, 3.63) is 23.7 Å². The lowest BCUT2D eigenvalue weighted by molar-refractivity contribution is 0.410. The molecule has 1 atom stereocenters. The van der Waals surface area contributed by atoms with Crippen LogP contribution in [0.15, 0.2) is 12.1 Å². The summed E-state index contributed by atoms with van der Waals surface area (Å²) in [5, 5.41) is 0. The topological polar surface area (TPSA) is 67.6 Å². The van der Waals surface area contributed by atoms with Crippen LogP contribution in [0.5, 0.6) is 0 Å². The zero-order valence-electron chi connectivity index (χ0n) is 11.4. The number of aromatic nitrogens is 3. The Balaban J connectivity index is 2.15. The smallest absolute Gasteiger partial charge is 0.177 e. The van der Waals surface area contributed by atoms with E-state index in [0.717, 1.165) is 35.5 Å². The summed E-state index contributed by atoms with van der Waals surface area (Å²) in [6.45, 7) is 7.15. The normalized spacial score (nSPS) is 13.4. The summed E-state index contributed by atoms with van der Waals surface area (Å²) in [4.78, 5) is 12.3. The van der Waals surface area contributed by atoms with Crippen LogP contribution in [0, 0.1) is 18.8 Å². The second kappa shape index (κ2) is 5.48. The highest BCUT2D eigenvalue weighted by atomic mass is 15.0. The molecule has 2 rings (SSSR count). The second-order valence-corrected chi connectivity index (χ2v) is 5.44. The van der Waals surface area contributed by atoms with E-state index >= 15 is 0 Å². The number of hydrogen-bond acceptors (Lipinski definition) is 3. The fourth-order valence-electron chi connectivity index (χ4n) is 2.34. The minimum atomic E-state index is 0.492. The van der Waals surface area contributed by atoms with Crippen molar-refractivity contribution in [1.82, 2.24) is 15.0 Å². The van der Waals surface area contributed by atoms with E-state index in [1.807, 2.05) is 19.1 Å². The van der Waals surface area contributed by atoms with Crippen molar-refractivity contribution >= 4 is 11.2 Å². The maximum absolute atomic E-state index is 5.83. The van der Waals surface area contributed by atoms with Gasteiger partial charge in [-0.05, 0) is 43.9 Å². The zero-order valence-corrected chi connectivity index (χ0v) is 11.4. The summed E-state index contributed by atoms with van der Waals surface area (Å²) < 4.78 is 0. The average Bonchev–Trinajstić information content (AvgIpc) is 2.68. The van der Waals surface area contributed by atoms with E-state index < -0.39 is 0 Å². The van der Waals surface area contributed by atoms with Gasteiger partial charge in [-0.15, -0.1) is 0 Å². The first-order valence-corrected chi connectivity index (χ1v) is 6.60. The quantitative estimate of drug-likeness (QED) is 0.851. The number of aryl methyl sites for hydroxylation is 1. The molecule has 0 saturated carbocycles. The summed E-state index contributed by atoms with van der Waals surface area (Å²) >= 11 is 0. The van der Waals surface area contributed by atoms with E-state index in [1.54, 1.807) is 0 Å². The number of pyridine rings is 1. The van der Waals surface area contributed by atoms with Crippen LogP contribution >= 0.6 is 0 Å². The number of nitrogens with zero attached hydrogens (tertiary/aromatic N) is 2. The van der Waals surface area contributed by atoms with Crippen molar-refractivity contribution in [2.75, 3.05) is 6.54 Å². The number of imidazole rings is 1. The minimum absolute atomic E-state index is 0.492. The van der Waals surface area contributed by atoms with Crippen molar-refractivity contribution in [2.45, 2.75) is 33.6 Å². The van der Waals surface area contributed by atoms with Gasteiger partial charge in [0, 0.05) is 12.1 Å². The van der Waals surface area contributed by atoms with E-state index in [0.29, 0.717) is 18.4 Å². The molecule has 3 N–H and O–H groups in total. The molecule has 2 aromatic heterocycles. The standard InChI is InChI=1S/C14H22N4/c1-9(2)6-11(8-15)7-13-17-12-5-4-10(3)16-14(12)18-13/h4-5,9,11H,6-8,15H2,1-3H3,(H,16,17,18). The lowest BCUT2D eigenvalue weighted by atomic mass is 9.94. The molecule has 2 aromatic rings. The zero-order chi connectivity index (χ0) is 13.1. The van der Waals surface area contributed by atoms with Gasteiger partial charge in [-0.25, -0.2) is 9.97 Å². The monoisotopic (exact) mass is 246 g/mol. The molecule has 98 valence electrons. The van der Waals surface area contributed by atoms with E-state index in [2.05, 4.69) is 28.8 Å². The molecule has 0 saturated heterocycles. The lowest BCUT2D eigenvalue weighted by Crippen LogP contribution is -2.19. The SMILES string of the molecule is Cc1ccc2[nH]c(CC(CN)CC(C)C)nc2n1. The molecule has 0 spiro atoms. The Labute approximate surface area is 108 Å². The van der Waals surface area contributed by atoms with Crippen LogP contribution in [0.3, 0.4) is 0 Å². The number of fused-ring (bicyclic) bond motifs is 1. The Kier molecular flexibility index (Phi) is 3.97. The summed E-state index contributed by atoms with van der Waals surface area (Å²) in [7, 11) is 0. The molecule has 0 radical (unpaired) electrons. The fraction of sp³-hybridized carbons (Fsp3) is 0.571. The van der Waals surface area contributed by atoms with E-state index in [4.69, 9.17) is 5.73 Å². The Morgan fingerprint density at radius 1 is 1.28 bits per heavy atom. The summed E-state index contributed by atoms with van der Waals surface area (Å²) in [6.07, 6.45) is 2.05. The molecule has 4 heteroatoms. The highest BCUT2D eigenvalue weighted by Gasteiger charge is 2.13. The maximum atomic E-state index is 5.83. The van der Waals surface area contributed by atoms with Gasteiger partial charge in [0.2, 0.25) is 0 Å². The number of rotatable bonds is 5. The van der Waals surface area contributed by atoms with Crippen molar-refractivity contribution in [3.63, 3.8) is 0 Å². The van der Waals surface area contributed by atoms with Gasteiger partial charge in [-0.3, -0.25) is 0 Å². The summed E-state index contributed by atoms with van der Waals surface area (Å²) in [5.41, 5.74) is 8.65. The first kappa shape index (κ1) is 13.0. The molecule has 0 aliphatic heterocycles. The maximum Gasteiger partial charge on any atom is 0.177 e. The number of nitrogens with one attached hydrogen (secondary N) is 1. The fourth-order valence-corrected chi connectivity index (χ4v) is 2.34. The van der Waals surface area contributed by atoms with Crippen molar-refractivity contribution in [1.29, 1.82) is 0 Å². The summed E-state index contributed by atoms with van der Waals surface area (Å²) in [6, 6.07) is 4.03. The van der Waals surface area contributed by atoms with Crippen LogP contribution in [0.2, 0.25) is 0 Å².